The van der Waals surface area contributed by atoms with Gasteiger partial charge in [-0.25, -0.2) is 4.98 Å². The van der Waals surface area contributed by atoms with E-state index in [1.165, 1.54) is 0 Å². The van der Waals surface area contributed by atoms with Crippen LogP contribution in [-0.2, 0) is 0 Å². The smallest absolute Gasteiger partial charge is 0.181 e. The lowest BCUT2D eigenvalue weighted by atomic mass is 10.1. The summed E-state index contributed by atoms with van der Waals surface area (Å²) in [5, 5.41) is 0. The number of nitrogens with zero attached hydrogens (tertiary/aromatic N) is 2. The number of fused-ring (bicyclic) bond motifs is 1. The minimum Gasteiger partial charge on any atom is -0.297 e. The Hall–Kier alpha value is -1.64. The first-order valence-corrected chi connectivity index (χ1v) is 5.78. The molecule has 0 amide bonds. The molecule has 3 heteroatoms. The summed E-state index contributed by atoms with van der Waals surface area (Å²) in [5.74, 6) is 0.187. The third-order valence-electron chi connectivity index (χ3n) is 2.71. The summed E-state index contributed by atoms with van der Waals surface area (Å²) in [6.07, 6.45) is 7.40. The second-order valence-electron chi connectivity index (χ2n) is 3.95. The van der Waals surface area contributed by atoms with Gasteiger partial charge < -0.3 is 0 Å². The van der Waals surface area contributed by atoms with Gasteiger partial charge in [-0.2, -0.15) is 0 Å². The maximum absolute atomic E-state index is 11.9. The van der Waals surface area contributed by atoms with Crippen LogP contribution in [0.15, 0.2) is 30.6 Å². The van der Waals surface area contributed by atoms with E-state index in [-0.39, 0.29) is 5.78 Å². The quantitative estimate of drug-likeness (QED) is 0.568. The van der Waals surface area contributed by atoms with Crippen LogP contribution in [0.3, 0.4) is 0 Å². The first-order chi connectivity index (χ1) is 7.83. The van der Waals surface area contributed by atoms with Crippen LogP contribution < -0.4 is 0 Å². The normalized spacial score (nSPS) is 10.8. The van der Waals surface area contributed by atoms with Crippen molar-refractivity contribution in [1.29, 1.82) is 0 Å². The fourth-order valence-electron chi connectivity index (χ4n) is 1.80. The van der Waals surface area contributed by atoms with E-state index in [0.29, 0.717) is 12.1 Å². The highest BCUT2D eigenvalue weighted by Crippen LogP contribution is 2.10. The molecule has 0 aliphatic carbocycles. The van der Waals surface area contributed by atoms with Crippen LogP contribution >= 0.6 is 0 Å². The van der Waals surface area contributed by atoms with Crippen molar-refractivity contribution in [2.75, 3.05) is 0 Å². The lowest BCUT2D eigenvalue weighted by Crippen LogP contribution is -2.02. The molecule has 0 aliphatic rings. The molecule has 0 spiro atoms. The number of carbonyl (C=O) groups is 1. The van der Waals surface area contributed by atoms with E-state index in [2.05, 4.69) is 11.9 Å². The molecule has 2 rings (SSSR count). The fraction of sp³-hybridized carbons (Fsp3) is 0.385. The van der Waals surface area contributed by atoms with Crippen LogP contribution in [0.4, 0.5) is 0 Å². The number of pyridine rings is 1. The number of hydrogen-bond acceptors (Lipinski definition) is 2. The molecule has 0 unspecified atom stereocenters. The Morgan fingerprint density at radius 2 is 2.25 bits per heavy atom. The molecule has 3 nitrogen and oxygen atoms in total. The van der Waals surface area contributed by atoms with E-state index in [9.17, 15) is 4.79 Å². The van der Waals surface area contributed by atoms with Crippen LogP contribution in [0.25, 0.3) is 5.65 Å². The van der Waals surface area contributed by atoms with Gasteiger partial charge in [-0.1, -0.05) is 25.8 Å². The molecule has 0 aliphatic heterocycles. The Balaban J connectivity index is 2.17. The molecule has 0 radical (unpaired) electrons. The first kappa shape index (κ1) is 10.9. The van der Waals surface area contributed by atoms with Crippen LogP contribution in [0.1, 0.15) is 43.1 Å². The number of Topliss-reactive ketones (excluding diaryl/α,β-unsaturated/α-hetero) is 1. The van der Waals surface area contributed by atoms with Crippen LogP contribution in [0, 0.1) is 0 Å². The SMILES string of the molecule is CCCCCC(=O)c1cnc2ccccn12. The molecule has 84 valence electrons. The number of aromatic nitrogens is 2. The summed E-state index contributed by atoms with van der Waals surface area (Å²) in [4.78, 5) is 16.1. The summed E-state index contributed by atoms with van der Waals surface area (Å²) in [7, 11) is 0. The predicted octanol–water partition coefficient (Wildman–Crippen LogP) is 3.10. The molecular weight excluding hydrogens is 200 g/mol. The van der Waals surface area contributed by atoms with Crippen molar-refractivity contribution in [3.8, 4) is 0 Å². The van der Waals surface area contributed by atoms with Crippen LogP contribution in [-0.4, -0.2) is 15.2 Å². The average Bonchev–Trinajstić information content (AvgIpc) is 2.73. The lowest BCUT2D eigenvalue weighted by molar-refractivity contribution is 0.0973. The van der Waals surface area contributed by atoms with E-state index in [1.807, 2.05) is 28.8 Å². The van der Waals surface area contributed by atoms with E-state index in [0.717, 1.165) is 24.9 Å². The standard InChI is InChI=1S/C13H16N2O/c1-2-3-4-7-12(16)11-10-14-13-8-5-6-9-15(11)13/h5-6,8-10H,2-4,7H2,1H3. The number of rotatable bonds is 5. The molecule has 16 heavy (non-hydrogen) atoms. The highest BCUT2D eigenvalue weighted by atomic mass is 16.1. The van der Waals surface area contributed by atoms with E-state index < -0.39 is 0 Å². The van der Waals surface area contributed by atoms with Crippen molar-refractivity contribution < 1.29 is 4.79 Å². The van der Waals surface area contributed by atoms with Gasteiger partial charge in [0.05, 0.1) is 6.20 Å². The molecule has 0 saturated carbocycles. The van der Waals surface area contributed by atoms with Gasteiger partial charge in [-0.3, -0.25) is 9.20 Å². The molecule has 2 aromatic heterocycles. The van der Waals surface area contributed by atoms with Gasteiger partial charge >= 0.3 is 0 Å². The maximum atomic E-state index is 11.9. The van der Waals surface area contributed by atoms with Crippen LogP contribution in [0.5, 0.6) is 0 Å². The number of hydrogen-bond donors (Lipinski definition) is 0. The second kappa shape index (κ2) is 4.92. The molecule has 0 fully saturated rings. The molecule has 0 bridgehead atoms. The van der Waals surface area contributed by atoms with Gasteiger partial charge in [0, 0.05) is 12.6 Å². The monoisotopic (exact) mass is 216 g/mol. The summed E-state index contributed by atoms with van der Waals surface area (Å²) in [6.45, 7) is 2.14. The zero-order chi connectivity index (χ0) is 11.4. The number of ketones is 1. The number of imidazole rings is 1. The summed E-state index contributed by atoms with van der Waals surface area (Å²) >= 11 is 0. The van der Waals surface area contributed by atoms with Crippen molar-refractivity contribution in [1.82, 2.24) is 9.38 Å². The zero-order valence-corrected chi connectivity index (χ0v) is 9.52. The summed E-state index contributed by atoms with van der Waals surface area (Å²) < 4.78 is 1.86. The van der Waals surface area contributed by atoms with Gasteiger partial charge in [0.25, 0.3) is 0 Å². The van der Waals surface area contributed by atoms with Crippen molar-refractivity contribution in [2.45, 2.75) is 32.6 Å². The minimum absolute atomic E-state index is 0.187. The molecule has 2 aromatic rings. The maximum Gasteiger partial charge on any atom is 0.181 e. The molecular formula is C13H16N2O. The van der Waals surface area contributed by atoms with Gasteiger partial charge in [-0.05, 0) is 18.6 Å². The molecule has 0 saturated heterocycles. The van der Waals surface area contributed by atoms with Gasteiger partial charge in [0.1, 0.15) is 11.3 Å². The average molecular weight is 216 g/mol. The molecule has 0 aromatic carbocycles. The Labute approximate surface area is 95.1 Å². The van der Waals surface area contributed by atoms with E-state index in [4.69, 9.17) is 0 Å². The molecule has 0 N–H and O–H groups in total. The third-order valence-corrected chi connectivity index (χ3v) is 2.71. The van der Waals surface area contributed by atoms with E-state index in [1.54, 1.807) is 6.20 Å². The topological polar surface area (TPSA) is 34.4 Å². The number of unbranched alkanes of at least 4 members (excludes halogenated alkanes) is 2. The number of carbonyl (C=O) groups excluding carboxylic acids is 1. The Bertz CT molecular complexity index is 487. The van der Waals surface area contributed by atoms with Crippen molar-refractivity contribution in [2.24, 2.45) is 0 Å². The first-order valence-electron chi connectivity index (χ1n) is 5.78. The van der Waals surface area contributed by atoms with Crippen molar-refractivity contribution in [3.63, 3.8) is 0 Å². The highest BCUT2D eigenvalue weighted by Gasteiger charge is 2.10. The van der Waals surface area contributed by atoms with Gasteiger partial charge in [0.15, 0.2) is 5.78 Å². The van der Waals surface area contributed by atoms with E-state index >= 15 is 0 Å². The second-order valence-corrected chi connectivity index (χ2v) is 3.95. The predicted molar refractivity (Wildman–Crippen MR) is 63.7 cm³/mol. The van der Waals surface area contributed by atoms with Crippen molar-refractivity contribution in [3.05, 3.63) is 36.3 Å². The van der Waals surface area contributed by atoms with Gasteiger partial charge in [-0.15, -0.1) is 0 Å². The van der Waals surface area contributed by atoms with Crippen LogP contribution in [0.2, 0.25) is 0 Å². The molecule has 0 atom stereocenters. The molecule has 2 heterocycles. The summed E-state index contributed by atoms with van der Waals surface area (Å²) in [6, 6.07) is 5.74. The zero-order valence-electron chi connectivity index (χ0n) is 9.52. The summed E-state index contributed by atoms with van der Waals surface area (Å²) in [5.41, 5.74) is 1.54. The third kappa shape index (κ3) is 2.13. The van der Waals surface area contributed by atoms with Crippen molar-refractivity contribution >= 4 is 11.4 Å². The van der Waals surface area contributed by atoms with Gasteiger partial charge in [0.2, 0.25) is 0 Å². The Morgan fingerprint density at radius 1 is 1.38 bits per heavy atom. The Kier molecular flexibility index (Phi) is 3.34. The largest absolute Gasteiger partial charge is 0.297 e. The fourth-order valence-corrected chi connectivity index (χ4v) is 1.80. The highest BCUT2D eigenvalue weighted by molar-refractivity contribution is 5.95. The minimum atomic E-state index is 0.187. The lowest BCUT2D eigenvalue weighted by Gasteiger charge is -2.00. The Morgan fingerprint density at radius 3 is 3.06 bits per heavy atom.